The van der Waals surface area contributed by atoms with Gasteiger partial charge >= 0.3 is 6.01 Å². The number of carbonyl (C=O) groups excluding carboxylic acids is 2. The van der Waals surface area contributed by atoms with E-state index in [0.717, 1.165) is 68.8 Å². The average Bonchev–Trinajstić information content (AvgIpc) is 3.69. The molecule has 2 aliphatic heterocycles. The molecule has 2 fully saturated rings. The number of hydrogen-bond donors (Lipinski definition) is 1. The number of allylic oxidation sites excluding steroid dienone is 2. The summed E-state index contributed by atoms with van der Waals surface area (Å²) in [6.07, 6.45) is 7.86. The number of aromatic nitrogens is 2. The molecule has 1 aromatic carbocycles. The Kier molecular flexibility index (Phi) is 9.01. The van der Waals surface area contributed by atoms with Crippen LogP contribution in [0.25, 0.3) is 5.57 Å². The Morgan fingerprint density at radius 1 is 1.15 bits per heavy atom. The number of amides is 2. The molecular formula is C30H40FN5O4. The van der Waals surface area contributed by atoms with E-state index in [9.17, 15) is 14.0 Å². The lowest BCUT2D eigenvalue weighted by Crippen LogP contribution is -2.41. The summed E-state index contributed by atoms with van der Waals surface area (Å²) in [6, 6.07) is 5.70. The minimum absolute atomic E-state index is 0.00920. The van der Waals surface area contributed by atoms with Crippen LogP contribution in [-0.2, 0) is 9.59 Å². The van der Waals surface area contributed by atoms with E-state index in [1.165, 1.54) is 6.07 Å². The second kappa shape index (κ2) is 12.8. The Morgan fingerprint density at radius 3 is 2.58 bits per heavy atom. The molecule has 9 nitrogen and oxygen atoms in total. The van der Waals surface area contributed by atoms with Crippen LogP contribution in [0, 0.1) is 17.7 Å². The van der Waals surface area contributed by atoms with Gasteiger partial charge in [-0.2, -0.15) is 4.98 Å². The molecule has 1 unspecified atom stereocenters. The van der Waals surface area contributed by atoms with Crippen molar-refractivity contribution in [3.63, 3.8) is 0 Å². The van der Waals surface area contributed by atoms with Crippen molar-refractivity contribution in [3.8, 4) is 5.75 Å². The molecule has 0 radical (unpaired) electrons. The first-order valence-electron chi connectivity index (χ1n) is 14.6. The van der Waals surface area contributed by atoms with Crippen molar-refractivity contribution in [2.45, 2.75) is 64.7 Å². The zero-order chi connectivity index (χ0) is 28.1. The van der Waals surface area contributed by atoms with E-state index in [2.05, 4.69) is 20.4 Å². The molecule has 1 aliphatic carbocycles. The van der Waals surface area contributed by atoms with Crippen molar-refractivity contribution < 1.29 is 23.2 Å². The number of carbonyl (C=O) groups is 2. The molecule has 0 bridgehead atoms. The summed E-state index contributed by atoms with van der Waals surface area (Å²) >= 11 is 0. The number of anilines is 1. The first kappa shape index (κ1) is 28.1. The van der Waals surface area contributed by atoms with Crippen LogP contribution in [0.15, 0.2) is 28.8 Å². The molecule has 1 atom stereocenters. The molecule has 1 N–H and O–H groups in total. The van der Waals surface area contributed by atoms with Crippen LogP contribution in [0.5, 0.6) is 5.75 Å². The van der Waals surface area contributed by atoms with Gasteiger partial charge in [0.15, 0.2) is 17.4 Å². The van der Waals surface area contributed by atoms with Crippen molar-refractivity contribution in [2.75, 3.05) is 44.2 Å². The molecule has 5 rings (SSSR count). The van der Waals surface area contributed by atoms with Crippen molar-refractivity contribution in [2.24, 2.45) is 11.8 Å². The van der Waals surface area contributed by atoms with Crippen LogP contribution >= 0.6 is 0 Å². The number of hydrogen-bond acceptors (Lipinski definition) is 7. The zero-order valence-electron chi connectivity index (χ0n) is 23.5. The second-order valence-corrected chi connectivity index (χ2v) is 11.5. The number of piperidine rings is 1. The largest absolute Gasteiger partial charge is 0.490 e. The highest BCUT2D eigenvalue weighted by Gasteiger charge is 2.26. The normalized spacial score (nSPS) is 20.1. The van der Waals surface area contributed by atoms with Gasteiger partial charge in [0.1, 0.15) is 0 Å². The van der Waals surface area contributed by atoms with Crippen molar-refractivity contribution in [1.82, 2.24) is 20.4 Å². The van der Waals surface area contributed by atoms with E-state index in [1.807, 2.05) is 30.9 Å². The van der Waals surface area contributed by atoms with Crippen molar-refractivity contribution in [1.29, 1.82) is 0 Å². The van der Waals surface area contributed by atoms with E-state index in [1.54, 1.807) is 6.07 Å². The first-order valence-corrected chi connectivity index (χ1v) is 14.6. The molecule has 2 aromatic rings. The fourth-order valence-corrected chi connectivity index (χ4v) is 5.63. The van der Waals surface area contributed by atoms with E-state index in [-0.39, 0.29) is 41.8 Å². The molecule has 3 heterocycles. The number of likely N-dealkylation sites (tertiary alicyclic amines) is 1. The summed E-state index contributed by atoms with van der Waals surface area (Å²) in [5, 5.41) is 6.85. The van der Waals surface area contributed by atoms with E-state index in [0.29, 0.717) is 37.8 Å². The number of benzene rings is 1. The number of halogens is 1. The fraction of sp³-hybridized carbons (Fsp3) is 0.600. The van der Waals surface area contributed by atoms with Crippen LogP contribution in [-0.4, -0.2) is 66.2 Å². The predicted octanol–water partition coefficient (Wildman–Crippen LogP) is 4.55. The molecule has 2 saturated heterocycles. The highest BCUT2D eigenvalue weighted by atomic mass is 19.1. The SMILES string of the molecule is CC(C)c1noc(N2CCC(COc3ccc(C4=CCC(C(=O)NCC(=O)N5CCCC5)CC4)cc3F)CC2)n1. The molecular weight excluding hydrogens is 513 g/mol. The lowest BCUT2D eigenvalue weighted by molar-refractivity contribution is -0.133. The number of nitrogens with zero attached hydrogens (tertiary/aromatic N) is 4. The number of rotatable bonds is 9. The third-order valence-electron chi connectivity index (χ3n) is 8.26. The van der Waals surface area contributed by atoms with Gasteiger partial charge in [-0.25, -0.2) is 4.39 Å². The lowest BCUT2D eigenvalue weighted by atomic mass is 9.86. The van der Waals surface area contributed by atoms with E-state index in [4.69, 9.17) is 9.26 Å². The monoisotopic (exact) mass is 553 g/mol. The molecule has 1 aromatic heterocycles. The summed E-state index contributed by atoms with van der Waals surface area (Å²) in [5.74, 6) is 0.915. The van der Waals surface area contributed by atoms with Gasteiger partial charge in [0, 0.05) is 38.0 Å². The third kappa shape index (κ3) is 6.82. The van der Waals surface area contributed by atoms with Gasteiger partial charge in [0.25, 0.3) is 0 Å². The van der Waals surface area contributed by atoms with Crippen LogP contribution < -0.4 is 15.0 Å². The molecule has 216 valence electrons. The quantitative estimate of drug-likeness (QED) is 0.486. The number of ether oxygens (including phenoxy) is 1. The van der Waals surface area contributed by atoms with Crippen LogP contribution in [0.1, 0.15) is 76.1 Å². The van der Waals surface area contributed by atoms with Crippen LogP contribution in [0.2, 0.25) is 0 Å². The maximum atomic E-state index is 14.9. The second-order valence-electron chi connectivity index (χ2n) is 11.5. The standard InChI is InChI=1S/C30H40FN5O4/c1-20(2)28-33-30(40-34-28)36-15-11-21(12-16-36)19-39-26-10-9-24(17-25(26)31)22-5-7-23(8-6-22)29(38)32-18-27(37)35-13-3-4-14-35/h5,9-10,17,20-21,23H,3-4,6-8,11-16,18-19H2,1-2H3,(H,32,38). The predicted molar refractivity (Wildman–Crippen MR) is 149 cm³/mol. The Balaban J connectivity index is 1.06. The fourth-order valence-electron chi connectivity index (χ4n) is 5.63. The summed E-state index contributed by atoms with van der Waals surface area (Å²) in [5.41, 5.74) is 1.86. The molecule has 10 heteroatoms. The molecule has 0 spiro atoms. The minimum atomic E-state index is -0.372. The first-order chi connectivity index (χ1) is 19.4. The maximum Gasteiger partial charge on any atom is 0.324 e. The maximum absolute atomic E-state index is 14.9. The molecule has 3 aliphatic rings. The molecule has 2 amide bonds. The van der Waals surface area contributed by atoms with E-state index >= 15 is 0 Å². The Morgan fingerprint density at radius 2 is 1.93 bits per heavy atom. The van der Waals surface area contributed by atoms with Gasteiger partial charge in [-0.05, 0) is 74.1 Å². The smallest absolute Gasteiger partial charge is 0.324 e. The highest BCUT2D eigenvalue weighted by molar-refractivity contribution is 5.86. The van der Waals surface area contributed by atoms with E-state index < -0.39 is 0 Å². The number of nitrogens with one attached hydrogen (secondary N) is 1. The van der Waals surface area contributed by atoms with Crippen molar-refractivity contribution in [3.05, 3.63) is 41.5 Å². The highest BCUT2D eigenvalue weighted by Crippen LogP contribution is 2.33. The topological polar surface area (TPSA) is 101 Å². The summed E-state index contributed by atoms with van der Waals surface area (Å²) in [4.78, 5) is 33.2. The van der Waals surface area contributed by atoms with Gasteiger partial charge < -0.3 is 24.4 Å². The Bertz CT molecular complexity index is 1210. The minimum Gasteiger partial charge on any atom is -0.490 e. The van der Waals surface area contributed by atoms with Gasteiger partial charge in [0.05, 0.1) is 13.2 Å². The zero-order valence-corrected chi connectivity index (χ0v) is 23.5. The summed E-state index contributed by atoms with van der Waals surface area (Å²) in [6.45, 7) is 7.77. The lowest BCUT2D eigenvalue weighted by Gasteiger charge is -2.30. The van der Waals surface area contributed by atoms with Gasteiger partial charge in [-0.3, -0.25) is 9.59 Å². The Hall–Kier alpha value is -3.43. The summed E-state index contributed by atoms with van der Waals surface area (Å²) < 4.78 is 26.2. The van der Waals surface area contributed by atoms with Crippen LogP contribution in [0.3, 0.4) is 0 Å². The third-order valence-corrected chi connectivity index (χ3v) is 8.26. The van der Waals surface area contributed by atoms with Crippen molar-refractivity contribution >= 4 is 23.4 Å². The molecule has 40 heavy (non-hydrogen) atoms. The summed E-state index contributed by atoms with van der Waals surface area (Å²) in [7, 11) is 0. The van der Waals surface area contributed by atoms with Crippen LogP contribution in [0.4, 0.5) is 10.4 Å². The van der Waals surface area contributed by atoms with Gasteiger partial charge in [-0.15, -0.1) is 0 Å². The van der Waals surface area contributed by atoms with Gasteiger partial charge in [-0.1, -0.05) is 31.1 Å². The Labute approximate surface area is 235 Å². The average molecular weight is 554 g/mol. The van der Waals surface area contributed by atoms with Gasteiger partial charge in [0.2, 0.25) is 11.8 Å². The molecule has 0 saturated carbocycles.